The Labute approximate surface area is 101 Å². The van der Waals surface area contributed by atoms with Crippen molar-refractivity contribution < 1.29 is 18.0 Å². The monoisotopic (exact) mass is 266 g/mol. The average molecular weight is 266 g/mol. The van der Waals surface area contributed by atoms with Crippen LogP contribution < -0.4 is 10.6 Å². The van der Waals surface area contributed by atoms with Crippen molar-refractivity contribution in [1.29, 1.82) is 0 Å². The fraction of sp³-hybridized carbons (Fsp3) is 0.500. The number of amides is 2. The largest absolute Gasteiger partial charge is 0.405 e. The summed E-state index contributed by atoms with van der Waals surface area (Å²) in [5.41, 5.74) is 1.10. The van der Waals surface area contributed by atoms with Crippen LogP contribution in [0.15, 0.2) is 11.4 Å². The summed E-state index contributed by atoms with van der Waals surface area (Å²) in [7, 11) is 0. The zero-order valence-electron chi connectivity index (χ0n) is 9.23. The van der Waals surface area contributed by atoms with Crippen molar-refractivity contribution in [3.05, 3.63) is 21.9 Å². The first kappa shape index (κ1) is 13.8. The number of hydrogen-bond donors (Lipinski definition) is 2. The van der Waals surface area contributed by atoms with E-state index in [0.29, 0.717) is 0 Å². The van der Waals surface area contributed by atoms with E-state index in [0.717, 1.165) is 16.9 Å². The summed E-state index contributed by atoms with van der Waals surface area (Å²) in [5, 5.41) is 6.04. The fourth-order valence-corrected chi connectivity index (χ4v) is 2.16. The van der Waals surface area contributed by atoms with Gasteiger partial charge in [0.2, 0.25) is 0 Å². The smallest absolute Gasteiger partial charge is 0.333 e. The summed E-state index contributed by atoms with van der Waals surface area (Å²) in [4.78, 5) is 12.0. The van der Waals surface area contributed by atoms with E-state index in [-0.39, 0.29) is 6.54 Å². The van der Waals surface area contributed by atoms with Crippen LogP contribution in [0.5, 0.6) is 0 Å². The van der Waals surface area contributed by atoms with Gasteiger partial charge in [-0.05, 0) is 23.4 Å². The molecule has 0 atom stereocenters. The Hall–Kier alpha value is -1.24. The Morgan fingerprint density at radius 3 is 2.71 bits per heavy atom. The molecule has 1 aromatic rings. The molecular weight excluding hydrogens is 253 g/mol. The maximum atomic E-state index is 11.8. The maximum Gasteiger partial charge on any atom is 0.405 e. The number of thiophene rings is 1. The molecule has 7 heteroatoms. The van der Waals surface area contributed by atoms with Gasteiger partial charge in [0.05, 0.1) is 6.54 Å². The predicted octanol–water partition coefficient (Wildman–Crippen LogP) is 2.67. The molecule has 1 aromatic heterocycles. The quantitative estimate of drug-likeness (QED) is 0.864. The van der Waals surface area contributed by atoms with Gasteiger partial charge in [0.15, 0.2) is 0 Å². The fourth-order valence-electron chi connectivity index (χ4n) is 1.24. The van der Waals surface area contributed by atoms with E-state index in [1.165, 1.54) is 11.3 Å². The summed E-state index contributed by atoms with van der Waals surface area (Å²) in [5.74, 6) is 0. The van der Waals surface area contributed by atoms with Gasteiger partial charge < -0.3 is 10.6 Å². The summed E-state index contributed by atoms with van der Waals surface area (Å²) >= 11 is 1.48. The second-order valence-electron chi connectivity index (χ2n) is 3.37. The van der Waals surface area contributed by atoms with E-state index in [4.69, 9.17) is 0 Å². The number of nitrogens with one attached hydrogen (secondary N) is 2. The number of halogens is 3. The molecule has 3 nitrogen and oxygen atoms in total. The minimum absolute atomic E-state index is 0.254. The lowest BCUT2D eigenvalue weighted by atomic mass is 10.2. The van der Waals surface area contributed by atoms with Crippen molar-refractivity contribution in [2.45, 2.75) is 26.1 Å². The Kier molecular flexibility index (Phi) is 4.80. The van der Waals surface area contributed by atoms with E-state index in [1.54, 1.807) is 5.32 Å². The number of carbonyl (C=O) groups excluding carboxylic acids is 1. The lowest BCUT2D eigenvalue weighted by Crippen LogP contribution is -2.40. The topological polar surface area (TPSA) is 41.1 Å². The minimum Gasteiger partial charge on any atom is -0.333 e. The zero-order valence-corrected chi connectivity index (χ0v) is 10.0. The van der Waals surface area contributed by atoms with E-state index < -0.39 is 18.8 Å². The van der Waals surface area contributed by atoms with E-state index in [2.05, 4.69) is 5.32 Å². The van der Waals surface area contributed by atoms with Crippen LogP contribution in [0.2, 0.25) is 0 Å². The molecule has 0 radical (unpaired) electrons. The number of hydrogen-bond acceptors (Lipinski definition) is 2. The molecule has 0 aliphatic rings. The first-order valence-corrected chi connectivity index (χ1v) is 5.94. The molecule has 0 aliphatic heterocycles. The van der Waals surface area contributed by atoms with E-state index >= 15 is 0 Å². The molecule has 0 bridgehead atoms. The lowest BCUT2D eigenvalue weighted by molar-refractivity contribution is -0.122. The zero-order chi connectivity index (χ0) is 12.9. The van der Waals surface area contributed by atoms with Crippen LogP contribution in [0.1, 0.15) is 17.4 Å². The highest BCUT2D eigenvalue weighted by Crippen LogP contribution is 2.16. The van der Waals surface area contributed by atoms with Crippen molar-refractivity contribution in [1.82, 2.24) is 10.6 Å². The van der Waals surface area contributed by atoms with Crippen LogP contribution in [0.3, 0.4) is 0 Å². The molecular formula is C10H13F3N2OS. The van der Waals surface area contributed by atoms with Crippen LogP contribution in [-0.2, 0) is 13.0 Å². The highest BCUT2D eigenvalue weighted by atomic mass is 32.1. The van der Waals surface area contributed by atoms with Crippen LogP contribution >= 0.6 is 11.3 Å². The summed E-state index contributed by atoms with van der Waals surface area (Å²) in [6.45, 7) is 0.920. The summed E-state index contributed by atoms with van der Waals surface area (Å²) < 4.78 is 35.4. The van der Waals surface area contributed by atoms with Crippen molar-refractivity contribution >= 4 is 17.4 Å². The second-order valence-corrected chi connectivity index (χ2v) is 4.37. The number of carbonyl (C=O) groups is 1. The van der Waals surface area contributed by atoms with Crippen LogP contribution in [0.25, 0.3) is 0 Å². The van der Waals surface area contributed by atoms with Gasteiger partial charge in [0.25, 0.3) is 0 Å². The van der Waals surface area contributed by atoms with Crippen molar-refractivity contribution in [2.75, 3.05) is 6.54 Å². The van der Waals surface area contributed by atoms with Gasteiger partial charge in [-0.1, -0.05) is 6.92 Å². The van der Waals surface area contributed by atoms with Crippen molar-refractivity contribution in [2.24, 2.45) is 0 Å². The molecule has 2 amide bonds. The summed E-state index contributed by atoms with van der Waals surface area (Å²) in [6, 6.07) is 1.13. The Morgan fingerprint density at radius 1 is 1.41 bits per heavy atom. The summed E-state index contributed by atoms with van der Waals surface area (Å²) in [6.07, 6.45) is -3.54. The highest BCUT2D eigenvalue weighted by molar-refractivity contribution is 7.10. The van der Waals surface area contributed by atoms with Gasteiger partial charge in [0.1, 0.15) is 6.54 Å². The molecule has 0 spiro atoms. The molecule has 2 N–H and O–H groups in total. The van der Waals surface area contributed by atoms with Gasteiger partial charge in [-0.3, -0.25) is 0 Å². The number of aryl methyl sites for hydroxylation is 1. The minimum atomic E-state index is -4.38. The lowest BCUT2D eigenvalue weighted by Gasteiger charge is -2.09. The van der Waals surface area contributed by atoms with E-state index in [1.807, 2.05) is 18.4 Å². The van der Waals surface area contributed by atoms with Gasteiger partial charge in [0, 0.05) is 4.88 Å². The second kappa shape index (κ2) is 5.90. The Morgan fingerprint density at radius 2 is 2.12 bits per heavy atom. The van der Waals surface area contributed by atoms with Gasteiger partial charge >= 0.3 is 12.2 Å². The molecule has 0 unspecified atom stereocenters. The molecule has 0 aromatic carbocycles. The first-order chi connectivity index (χ1) is 7.92. The number of rotatable bonds is 4. The van der Waals surface area contributed by atoms with Crippen LogP contribution in [0.4, 0.5) is 18.0 Å². The molecule has 17 heavy (non-hydrogen) atoms. The third-order valence-electron chi connectivity index (χ3n) is 2.08. The highest BCUT2D eigenvalue weighted by Gasteiger charge is 2.27. The average Bonchev–Trinajstić information content (AvgIpc) is 2.69. The molecule has 0 saturated carbocycles. The predicted molar refractivity (Wildman–Crippen MR) is 60.0 cm³/mol. The molecule has 1 heterocycles. The Balaban J connectivity index is 2.33. The van der Waals surface area contributed by atoms with Gasteiger partial charge in [-0.15, -0.1) is 11.3 Å². The van der Waals surface area contributed by atoms with Crippen LogP contribution in [0, 0.1) is 0 Å². The SMILES string of the molecule is CCc1ccsc1CNC(=O)NCC(F)(F)F. The normalized spacial score (nSPS) is 11.3. The van der Waals surface area contributed by atoms with Crippen molar-refractivity contribution in [3.8, 4) is 0 Å². The number of alkyl halides is 3. The van der Waals surface area contributed by atoms with E-state index in [9.17, 15) is 18.0 Å². The van der Waals surface area contributed by atoms with Crippen LogP contribution in [-0.4, -0.2) is 18.8 Å². The Bertz CT molecular complexity index is 376. The third kappa shape index (κ3) is 5.08. The molecule has 0 aliphatic carbocycles. The first-order valence-electron chi connectivity index (χ1n) is 5.06. The maximum absolute atomic E-state index is 11.8. The number of urea groups is 1. The standard InChI is InChI=1S/C10H13F3N2OS/c1-2-7-3-4-17-8(7)5-14-9(16)15-6-10(11,12)13/h3-4H,2,5-6H2,1H3,(H2,14,15,16). The molecule has 96 valence electrons. The van der Waals surface area contributed by atoms with Crippen molar-refractivity contribution in [3.63, 3.8) is 0 Å². The molecule has 1 rings (SSSR count). The third-order valence-corrected chi connectivity index (χ3v) is 3.04. The molecule has 0 saturated heterocycles. The van der Waals surface area contributed by atoms with Gasteiger partial charge in [-0.25, -0.2) is 4.79 Å². The molecule has 0 fully saturated rings. The van der Waals surface area contributed by atoms with Gasteiger partial charge in [-0.2, -0.15) is 13.2 Å².